The topological polar surface area (TPSA) is 127 Å². The minimum atomic E-state index is -3.88. The quantitative estimate of drug-likeness (QED) is 0.534. The highest BCUT2D eigenvalue weighted by atomic mass is 32.2. The third-order valence-electron chi connectivity index (χ3n) is 5.49. The molecule has 1 atom stereocenters. The molecule has 0 bridgehead atoms. The zero-order chi connectivity index (χ0) is 25.3. The molecule has 0 unspecified atom stereocenters. The number of allylic oxidation sites excluding steroid dienone is 3. The molecule has 2 heterocycles. The van der Waals surface area contributed by atoms with Crippen molar-refractivity contribution in [2.45, 2.75) is 32.2 Å². The number of carbonyl (C=O) groups is 1. The van der Waals surface area contributed by atoms with Gasteiger partial charge in [0.2, 0.25) is 16.0 Å². The molecule has 12 heteroatoms. The summed E-state index contributed by atoms with van der Waals surface area (Å²) in [5.41, 5.74) is 3.49. The van der Waals surface area contributed by atoms with Gasteiger partial charge in [-0.2, -0.15) is 0 Å². The molecule has 0 radical (unpaired) electrons. The van der Waals surface area contributed by atoms with Crippen LogP contribution in [-0.2, 0) is 10.0 Å². The maximum atomic E-state index is 14.8. The first-order chi connectivity index (χ1) is 15.8. The molecule has 1 aliphatic heterocycles. The van der Waals surface area contributed by atoms with E-state index in [9.17, 15) is 22.0 Å². The minimum absolute atomic E-state index is 0.00882. The van der Waals surface area contributed by atoms with Gasteiger partial charge in [-0.05, 0) is 50.8 Å². The average Bonchev–Trinajstić information content (AvgIpc) is 3.59. The number of ether oxygens (including phenoxy) is 1. The number of amides is 1. The fourth-order valence-corrected chi connectivity index (χ4v) is 4.59. The van der Waals surface area contributed by atoms with Gasteiger partial charge in [0, 0.05) is 18.3 Å². The molecule has 1 aromatic rings. The van der Waals surface area contributed by atoms with Crippen LogP contribution in [0.2, 0.25) is 0 Å². The smallest absolute Gasteiger partial charge is 0.273 e. The number of nitrogens with one attached hydrogen (secondary N) is 1. The van der Waals surface area contributed by atoms with E-state index in [1.165, 1.54) is 33.2 Å². The number of sulfonamides is 1. The molecular formula is C22H27F2N5O4S. The first kappa shape index (κ1) is 25.3. The molecule has 1 aliphatic carbocycles. The van der Waals surface area contributed by atoms with Crippen LogP contribution in [0.1, 0.15) is 37.2 Å². The summed E-state index contributed by atoms with van der Waals surface area (Å²) in [5.74, 6) is -3.27. The van der Waals surface area contributed by atoms with Gasteiger partial charge in [-0.15, -0.1) is 0 Å². The maximum absolute atomic E-state index is 14.8. The van der Waals surface area contributed by atoms with Gasteiger partial charge >= 0.3 is 0 Å². The number of aliphatic imine (C=N–C) groups is 1. The van der Waals surface area contributed by atoms with Crippen LogP contribution in [0.5, 0.6) is 5.75 Å². The van der Waals surface area contributed by atoms with Crippen LogP contribution in [0.4, 0.5) is 8.78 Å². The molecule has 0 saturated heterocycles. The van der Waals surface area contributed by atoms with Gasteiger partial charge in [0.25, 0.3) is 5.91 Å². The number of pyridine rings is 1. The highest BCUT2D eigenvalue weighted by Gasteiger charge is 2.42. The van der Waals surface area contributed by atoms with Crippen LogP contribution >= 0.6 is 0 Å². The van der Waals surface area contributed by atoms with Crippen molar-refractivity contribution < 1.29 is 26.7 Å². The van der Waals surface area contributed by atoms with Crippen molar-refractivity contribution in [3.05, 3.63) is 59.6 Å². The second-order valence-corrected chi connectivity index (χ2v) is 10.5. The molecule has 1 amide bonds. The summed E-state index contributed by atoms with van der Waals surface area (Å²) in [6.45, 7) is 6.75. The largest absolute Gasteiger partial charge is 0.492 e. The van der Waals surface area contributed by atoms with Crippen LogP contribution in [0.15, 0.2) is 58.9 Å². The molecular weight excluding hydrogens is 468 g/mol. The number of carbonyl (C=O) groups excluding carboxylic acids is 1. The Hall–Kier alpha value is -3.28. The highest BCUT2D eigenvalue weighted by Crippen LogP contribution is 2.34. The first-order valence-electron chi connectivity index (χ1n) is 10.5. The summed E-state index contributed by atoms with van der Waals surface area (Å²) in [5, 5.41) is 2.41. The third kappa shape index (κ3) is 5.79. The van der Waals surface area contributed by atoms with Crippen molar-refractivity contribution in [1.29, 1.82) is 0 Å². The van der Waals surface area contributed by atoms with Crippen molar-refractivity contribution in [2.75, 3.05) is 19.4 Å². The summed E-state index contributed by atoms with van der Waals surface area (Å²) in [4.78, 5) is 20.4. The van der Waals surface area contributed by atoms with Crippen molar-refractivity contribution in [2.24, 2.45) is 16.6 Å². The van der Waals surface area contributed by atoms with Gasteiger partial charge in [0.1, 0.15) is 17.0 Å². The predicted octanol–water partition coefficient (Wildman–Crippen LogP) is 2.56. The Morgan fingerprint density at radius 1 is 1.41 bits per heavy atom. The lowest BCUT2D eigenvalue weighted by atomic mass is 9.94. The standard InChI is InChI=1S/C22H27F2N5O4S/c1-13(27-20(30)18-8-7-16(10-26-18)33-11-15-5-6-15)9-17(23)19(24)14(2)22(3)12-34(31,32)29(4)21(25)28-22/h7-10,15H,2,5-6,11-12H2,1,3-4H3,(H2,25,28)(H,27,30)/b13-9+,19-17-/t22-/m0/s1. The number of halogens is 2. The normalized spacial score (nSPS) is 23.0. The fraction of sp³-hybridized carbons (Fsp3) is 0.409. The van der Waals surface area contributed by atoms with Crippen LogP contribution in [0.25, 0.3) is 0 Å². The van der Waals surface area contributed by atoms with E-state index in [0.717, 1.165) is 23.2 Å². The van der Waals surface area contributed by atoms with Gasteiger partial charge < -0.3 is 15.8 Å². The third-order valence-corrected chi connectivity index (χ3v) is 7.44. The van der Waals surface area contributed by atoms with Crippen LogP contribution in [-0.4, -0.2) is 54.5 Å². The maximum Gasteiger partial charge on any atom is 0.273 e. The highest BCUT2D eigenvalue weighted by molar-refractivity contribution is 7.89. The van der Waals surface area contributed by atoms with E-state index >= 15 is 0 Å². The predicted molar refractivity (Wildman–Crippen MR) is 124 cm³/mol. The zero-order valence-corrected chi connectivity index (χ0v) is 20.0. The lowest BCUT2D eigenvalue weighted by molar-refractivity contribution is 0.0961. The lowest BCUT2D eigenvalue weighted by Crippen LogP contribution is -2.52. The Morgan fingerprint density at radius 2 is 2.09 bits per heavy atom. The number of nitrogens with zero attached hydrogens (tertiary/aromatic N) is 3. The van der Waals surface area contributed by atoms with Gasteiger partial charge in [0.15, 0.2) is 11.7 Å². The number of rotatable bonds is 8. The first-order valence-corrected chi connectivity index (χ1v) is 12.1. The van der Waals surface area contributed by atoms with Crippen LogP contribution in [0.3, 0.4) is 0 Å². The molecule has 34 heavy (non-hydrogen) atoms. The number of hydrogen-bond acceptors (Lipinski definition) is 7. The molecule has 1 saturated carbocycles. The van der Waals surface area contributed by atoms with E-state index in [1.54, 1.807) is 6.07 Å². The van der Waals surface area contributed by atoms with E-state index in [1.807, 2.05) is 0 Å². The monoisotopic (exact) mass is 495 g/mol. The molecule has 0 spiro atoms. The Kier molecular flexibility index (Phi) is 7.10. The lowest BCUT2D eigenvalue weighted by Gasteiger charge is -2.34. The van der Waals surface area contributed by atoms with E-state index < -0.39 is 44.4 Å². The zero-order valence-electron chi connectivity index (χ0n) is 19.1. The van der Waals surface area contributed by atoms with Gasteiger partial charge in [-0.3, -0.25) is 4.79 Å². The van der Waals surface area contributed by atoms with E-state index in [0.29, 0.717) is 18.3 Å². The van der Waals surface area contributed by atoms with Gasteiger partial charge in [-0.25, -0.2) is 31.5 Å². The fourth-order valence-electron chi connectivity index (χ4n) is 3.12. The Bertz CT molecular complexity index is 1190. The molecule has 1 aromatic heterocycles. The summed E-state index contributed by atoms with van der Waals surface area (Å²) in [7, 11) is -2.67. The molecule has 184 valence electrons. The molecule has 2 aliphatic rings. The minimum Gasteiger partial charge on any atom is -0.492 e. The number of aromatic nitrogens is 1. The molecule has 9 nitrogen and oxygen atoms in total. The van der Waals surface area contributed by atoms with Crippen molar-refractivity contribution in [1.82, 2.24) is 14.6 Å². The summed E-state index contributed by atoms with van der Waals surface area (Å²) in [6.07, 6.45) is 4.47. The van der Waals surface area contributed by atoms with Crippen molar-refractivity contribution in [3.8, 4) is 5.75 Å². The Balaban J connectivity index is 1.69. The number of guanidine groups is 1. The van der Waals surface area contributed by atoms with Crippen LogP contribution in [0, 0.1) is 5.92 Å². The van der Waals surface area contributed by atoms with Crippen LogP contribution < -0.4 is 15.8 Å². The molecule has 1 fully saturated rings. The SMILES string of the molecule is C=C(/C(F)=C(F)\C=C(/C)NC(=O)c1ccc(OCC2CC2)cn1)[C@]1(C)CS(=O)(=O)N(C)C(N)=N1. The number of nitrogens with two attached hydrogens (primary N) is 1. The summed E-state index contributed by atoms with van der Waals surface area (Å²) < 4.78 is 60.2. The summed E-state index contributed by atoms with van der Waals surface area (Å²) in [6, 6.07) is 3.07. The number of hydrogen-bond donors (Lipinski definition) is 2. The van der Waals surface area contributed by atoms with Gasteiger partial charge in [-0.1, -0.05) is 6.58 Å². The Morgan fingerprint density at radius 3 is 2.65 bits per heavy atom. The second kappa shape index (κ2) is 9.53. The molecule has 0 aromatic carbocycles. The molecule has 3 N–H and O–H groups in total. The molecule has 3 rings (SSSR count). The average molecular weight is 496 g/mol. The van der Waals surface area contributed by atoms with Crippen molar-refractivity contribution in [3.63, 3.8) is 0 Å². The Labute approximate surface area is 197 Å². The van der Waals surface area contributed by atoms with Crippen molar-refractivity contribution >= 4 is 21.9 Å². The second-order valence-electron chi connectivity index (χ2n) is 8.52. The summed E-state index contributed by atoms with van der Waals surface area (Å²) >= 11 is 0. The van der Waals surface area contributed by atoms with E-state index in [-0.39, 0.29) is 17.4 Å². The van der Waals surface area contributed by atoms with E-state index in [4.69, 9.17) is 10.5 Å². The van der Waals surface area contributed by atoms with E-state index in [2.05, 4.69) is 21.9 Å². The van der Waals surface area contributed by atoms with Gasteiger partial charge in [0.05, 0.1) is 18.6 Å².